The number of hydrogen-bond donors (Lipinski definition) is 2. The van der Waals surface area contributed by atoms with Crippen molar-refractivity contribution >= 4 is 28.1 Å². The molecule has 0 atom stereocenters. The number of fused-ring (bicyclic) bond motifs is 1. The van der Waals surface area contributed by atoms with Crippen LogP contribution < -0.4 is 11.1 Å². The average molecular weight is 280 g/mol. The molecule has 3 aromatic rings. The monoisotopic (exact) mass is 280 g/mol. The zero-order chi connectivity index (χ0) is 14.8. The summed E-state index contributed by atoms with van der Waals surface area (Å²) in [6.07, 6.45) is 0. The Morgan fingerprint density at radius 2 is 1.71 bits per heavy atom. The fraction of sp³-hybridized carbons (Fsp3) is 0. The molecule has 3 rings (SSSR count). The van der Waals surface area contributed by atoms with Crippen molar-refractivity contribution in [1.82, 2.24) is 0 Å². The lowest BCUT2D eigenvalue weighted by Crippen LogP contribution is -2.12. The topological polar surface area (TPSA) is 55.1 Å². The molecule has 104 valence electrons. The molecule has 0 aliphatic rings. The largest absolute Gasteiger partial charge is 0.399 e. The molecular formula is C17H13FN2O. The first-order valence-electron chi connectivity index (χ1n) is 6.49. The van der Waals surface area contributed by atoms with Crippen molar-refractivity contribution in [3.63, 3.8) is 0 Å². The fourth-order valence-corrected chi connectivity index (χ4v) is 2.28. The summed E-state index contributed by atoms with van der Waals surface area (Å²) in [5.41, 5.74) is 7.28. The van der Waals surface area contributed by atoms with Gasteiger partial charge in [-0.25, -0.2) is 4.39 Å². The van der Waals surface area contributed by atoms with E-state index < -0.39 is 0 Å². The molecule has 0 radical (unpaired) electrons. The van der Waals surface area contributed by atoms with E-state index in [1.54, 1.807) is 48.5 Å². The van der Waals surface area contributed by atoms with Gasteiger partial charge in [0.05, 0.1) is 0 Å². The van der Waals surface area contributed by atoms with Gasteiger partial charge in [-0.1, -0.05) is 30.3 Å². The summed E-state index contributed by atoms with van der Waals surface area (Å²) in [5, 5.41) is 3.78. The summed E-state index contributed by atoms with van der Waals surface area (Å²) < 4.78 is 13.8. The van der Waals surface area contributed by atoms with Gasteiger partial charge in [0, 0.05) is 22.3 Å². The number of hydrogen-bond acceptors (Lipinski definition) is 2. The van der Waals surface area contributed by atoms with E-state index in [1.165, 1.54) is 12.1 Å². The van der Waals surface area contributed by atoms with Gasteiger partial charge >= 0.3 is 0 Å². The first-order valence-corrected chi connectivity index (χ1v) is 6.49. The predicted molar refractivity (Wildman–Crippen MR) is 82.7 cm³/mol. The summed E-state index contributed by atoms with van der Waals surface area (Å²) in [7, 11) is 0. The molecule has 0 heterocycles. The Morgan fingerprint density at radius 1 is 0.952 bits per heavy atom. The molecule has 0 aromatic heterocycles. The highest BCUT2D eigenvalue weighted by Crippen LogP contribution is 2.23. The lowest BCUT2D eigenvalue weighted by atomic mass is 10.0. The summed E-state index contributed by atoms with van der Waals surface area (Å²) in [6, 6.07) is 16.6. The first-order chi connectivity index (χ1) is 10.1. The van der Waals surface area contributed by atoms with Crippen LogP contribution >= 0.6 is 0 Å². The Morgan fingerprint density at radius 3 is 2.48 bits per heavy atom. The second-order valence-corrected chi connectivity index (χ2v) is 4.72. The molecule has 21 heavy (non-hydrogen) atoms. The molecule has 0 saturated heterocycles. The number of nitrogens with one attached hydrogen (secondary N) is 1. The molecule has 0 aliphatic carbocycles. The van der Waals surface area contributed by atoms with E-state index in [9.17, 15) is 9.18 Å². The number of rotatable bonds is 2. The number of carbonyl (C=O) groups excluding carboxylic acids is 1. The average Bonchev–Trinajstić information content (AvgIpc) is 2.48. The van der Waals surface area contributed by atoms with Crippen molar-refractivity contribution < 1.29 is 9.18 Å². The van der Waals surface area contributed by atoms with E-state index in [0.717, 1.165) is 0 Å². The molecule has 0 fully saturated rings. The van der Waals surface area contributed by atoms with E-state index in [-0.39, 0.29) is 11.7 Å². The summed E-state index contributed by atoms with van der Waals surface area (Å²) in [4.78, 5) is 12.4. The number of nitrogens with two attached hydrogens (primary N) is 1. The first kappa shape index (κ1) is 13.1. The molecule has 0 spiro atoms. The maximum absolute atomic E-state index is 13.8. The van der Waals surface area contributed by atoms with Gasteiger partial charge in [0.15, 0.2) is 0 Å². The third-order valence-corrected chi connectivity index (χ3v) is 3.26. The van der Waals surface area contributed by atoms with Crippen molar-refractivity contribution in [1.29, 1.82) is 0 Å². The molecular weight excluding hydrogens is 267 g/mol. The quantitative estimate of drug-likeness (QED) is 0.701. The van der Waals surface area contributed by atoms with Crippen LogP contribution in [0, 0.1) is 5.82 Å². The SMILES string of the molecule is Nc1cccc(NC(=O)c2ccc(F)c3ccccc23)c1. The van der Waals surface area contributed by atoms with E-state index in [2.05, 4.69) is 5.32 Å². The van der Waals surface area contributed by atoms with E-state index in [0.29, 0.717) is 27.7 Å². The molecule has 4 heteroatoms. The number of benzene rings is 3. The van der Waals surface area contributed by atoms with Crippen LogP contribution in [-0.2, 0) is 0 Å². The Bertz CT molecular complexity index is 830. The standard InChI is InChI=1S/C17H13FN2O/c18-16-9-8-15(13-6-1-2-7-14(13)16)17(21)20-12-5-3-4-11(19)10-12/h1-10H,19H2,(H,20,21). The highest BCUT2D eigenvalue weighted by atomic mass is 19.1. The van der Waals surface area contributed by atoms with Crippen molar-refractivity contribution in [2.75, 3.05) is 11.1 Å². The maximum Gasteiger partial charge on any atom is 0.256 e. The normalized spacial score (nSPS) is 10.5. The van der Waals surface area contributed by atoms with Crippen LogP contribution in [0.25, 0.3) is 10.8 Å². The van der Waals surface area contributed by atoms with E-state index >= 15 is 0 Å². The van der Waals surface area contributed by atoms with Crippen LogP contribution in [0.5, 0.6) is 0 Å². The third kappa shape index (κ3) is 2.56. The summed E-state index contributed by atoms with van der Waals surface area (Å²) >= 11 is 0. The lowest BCUT2D eigenvalue weighted by molar-refractivity contribution is 0.102. The molecule has 0 aliphatic heterocycles. The summed E-state index contributed by atoms with van der Waals surface area (Å²) in [5.74, 6) is -0.636. The van der Waals surface area contributed by atoms with Crippen LogP contribution in [0.2, 0.25) is 0 Å². The molecule has 3 aromatic carbocycles. The van der Waals surface area contributed by atoms with Crippen LogP contribution in [-0.4, -0.2) is 5.91 Å². The van der Waals surface area contributed by atoms with Crippen LogP contribution in [0.15, 0.2) is 60.7 Å². The minimum Gasteiger partial charge on any atom is -0.399 e. The molecule has 0 bridgehead atoms. The van der Waals surface area contributed by atoms with E-state index in [4.69, 9.17) is 5.73 Å². The van der Waals surface area contributed by atoms with Crippen molar-refractivity contribution in [3.05, 3.63) is 72.0 Å². The van der Waals surface area contributed by atoms with Crippen molar-refractivity contribution in [2.24, 2.45) is 0 Å². The minimum absolute atomic E-state index is 0.295. The van der Waals surface area contributed by atoms with Gasteiger partial charge in [0.25, 0.3) is 5.91 Å². The highest BCUT2D eigenvalue weighted by molar-refractivity contribution is 6.13. The van der Waals surface area contributed by atoms with Gasteiger partial charge in [-0.15, -0.1) is 0 Å². The second-order valence-electron chi connectivity index (χ2n) is 4.72. The van der Waals surface area contributed by atoms with Gasteiger partial charge in [-0.3, -0.25) is 4.79 Å². The van der Waals surface area contributed by atoms with Gasteiger partial charge in [0.1, 0.15) is 5.82 Å². The Balaban J connectivity index is 2.01. The molecule has 0 unspecified atom stereocenters. The number of amides is 1. The molecule has 0 saturated carbocycles. The maximum atomic E-state index is 13.8. The third-order valence-electron chi connectivity index (χ3n) is 3.26. The van der Waals surface area contributed by atoms with Crippen LogP contribution in [0.1, 0.15) is 10.4 Å². The Hall–Kier alpha value is -2.88. The number of carbonyl (C=O) groups is 1. The van der Waals surface area contributed by atoms with Crippen molar-refractivity contribution in [2.45, 2.75) is 0 Å². The molecule has 1 amide bonds. The van der Waals surface area contributed by atoms with Gasteiger partial charge in [-0.2, -0.15) is 0 Å². The fourth-order valence-electron chi connectivity index (χ4n) is 2.28. The van der Waals surface area contributed by atoms with Gasteiger partial charge in [0.2, 0.25) is 0 Å². The number of nitrogen functional groups attached to an aromatic ring is 1. The van der Waals surface area contributed by atoms with Gasteiger partial charge in [-0.05, 0) is 35.7 Å². The molecule has 3 nitrogen and oxygen atoms in total. The number of anilines is 2. The van der Waals surface area contributed by atoms with Gasteiger partial charge < -0.3 is 11.1 Å². The zero-order valence-corrected chi connectivity index (χ0v) is 11.1. The van der Waals surface area contributed by atoms with Crippen molar-refractivity contribution in [3.8, 4) is 0 Å². The smallest absolute Gasteiger partial charge is 0.256 e. The lowest BCUT2D eigenvalue weighted by Gasteiger charge is -2.09. The zero-order valence-electron chi connectivity index (χ0n) is 11.1. The second kappa shape index (κ2) is 5.25. The Labute approximate surface area is 121 Å². The number of halogens is 1. The Kier molecular flexibility index (Phi) is 3.28. The molecule has 3 N–H and O–H groups in total. The van der Waals surface area contributed by atoms with E-state index in [1.807, 2.05) is 0 Å². The van der Waals surface area contributed by atoms with Crippen LogP contribution in [0.4, 0.5) is 15.8 Å². The minimum atomic E-state index is -0.342. The summed E-state index contributed by atoms with van der Waals surface area (Å²) in [6.45, 7) is 0. The predicted octanol–water partition coefficient (Wildman–Crippen LogP) is 3.81. The van der Waals surface area contributed by atoms with Crippen LogP contribution in [0.3, 0.4) is 0 Å². The highest BCUT2D eigenvalue weighted by Gasteiger charge is 2.12.